The summed E-state index contributed by atoms with van der Waals surface area (Å²) in [4.78, 5) is 11.5. The first-order valence-corrected chi connectivity index (χ1v) is 5.48. The van der Waals surface area contributed by atoms with Crippen molar-refractivity contribution >= 4 is 12.0 Å². The zero-order chi connectivity index (χ0) is 12.8. The number of nitrogens with one attached hydrogen (secondary N) is 1. The Bertz CT molecular complexity index is 547. The second-order valence-electron chi connectivity index (χ2n) is 3.69. The molecule has 0 bridgehead atoms. The molecule has 4 heteroatoms. The van der Waals surface area contributed by atoms with E-state index in [0.717, 1.165) is 0 Å². The van der Waals surface area contributed by atoms with Gasteiger partial charge in [-0.25, -0.2) is 4.39 Å². The van der Waals surface area contributed by atoms with Gasteiger partial charge in [0, 0.05) is 6.08 Å². The molecule has 2 rings (SSSR count). The monoisotopic (exact) mass is 245 g/mol. The smallest absolute Gasteiger partial charge is 0.244 e. The molecule has 1 aromatic carbocycles. The minimum Gasteiger partial charge on any atom is -0.467 e. The number of hydrogen-bond donors (Lipinski definition) is 1. The summed E-state index contributed by atoms with van der Waals surface area (Å²) in [6.45, 7) is 0.333. The first-order chi connectivity index (χ1) is 8.74. The van der Waals surface area contributed by atoms with Crippen molar-refractivity contribution in [2.75, 3.05) is 0 Å². The van der Waals surface area contributed by atoms with Gasteiger partial charge in [0.05, 0.1) is 12.8 Å². The molecule has 0 saturated carbocycles. The molecule has 18 heavy (non-hydrogen) atoms. The van der Waals surface area contributed by atoms with E-state index >= 15 is 0 Å². The number of furan rings is 1. The number of benzene rings is 1. The molecule has 1 aromatic heterocycles. The standard InChI is InChI=1S/C14H12FNO2/c15-12-4-1-3-11(9-12)6-7-14(17)16-10-13-5-2-8-18-13/h1-9H,10H2,(H,16,17)/b7-6+. The summed E-state index contributed by atoms with van der Waals surface area (Å²) in [5.41, 5.74) is 0.642. The number of rotatable bonds is 4. The van der Waals surface area contributed by atoms with Gasteiger partial charge in [0.15, 0.2) is 0 Å². The highest BCUT2D eigenvalue weighted by molar-refractivity contribution is 5.91. The van der Waals surface area contributed by atoms with Crippen molar-refractivity contribution < 1.29 is 13.6 Å². The van der Waals surface area contributed by atoms with E-state index in [0.29, 0.717) is 17.9 Å². The van der Waals surface area contributed by atoms with Gasteiger partial charge in [-0.15, -0.1) is 0 Å². The number of amides is 1. The molecule has 0 spiro atoms. The third-order valence-corrected chi connectivity index (χ3v) is 2.29. The normalized spacial score (nSPS) is 10.7. The van der Waals surface area contributed by atoms with E-state index in [-0.39, 0.29) is 11.7 Å². The van der Waals surface area contributed by atoms with Crippen molar-refractivity contribution in [3.05, 3.63) is 65.9 Å². The molecule has 0 radical (unpaired) electrons. The van der Waals surface area contributed by atoms with Crippen LogP contribution in [0.3, 0.4) is 0 Å². The first kappa shape index (κ1) is 12.1. The fourth-order valence-electron chi connectivity index (χ4n) is 1.43. The quantitative estimate of drug-likeness (QED) is 0.841. The predicted octanol–water partition coefficient (Wildman–Crippen LogP) is 2.75. The van der Waals surface area contributed by atoms with Gasteiger partial charge in [0.1, 0.15) is 11.6 Å². The molecule has 0 unspecified atom stereocenters. The topological polar surface area (TPSA) is 42.2 Å². The van der Waals surface area contributed by atoms with Gasteiger partial charge in [-0.1, -0.05) is 12.1 Å². The van der Waals surface area contributed by atoms with Crippen molar-refractivity contribution in [3.63, 3.8) is 0 Å². The van der Waals surface area contributed by atoms with Gasteiger partial charge in [0.25, 0.3) is 0 Å². The van der Waals surface area contributed by atoms with E-state index in [9.17, 15) is 9.18 Å². The highest BCUT2D eigenvalue weighted by atomic mass is 19.1. The van der Waals surface area contributed by atoms with Crippen LogP contribution in [-0.4, -0.2) is 5.91 Å². The summed E-state index contributed by atoms with van der Waals surface area (Å²) < 4.78 is 18.0. The minimum atomic E-state index is -0.326. The van der Waals surface area contributed by atoms with Crippen LogP contribution >= 0.6 is 0 Å². The van der Waals surface area contributed by atoms with Crippen LogP contribution < -0.4 is 5.32 Å². The van der Waals surface area contributed by atoms with E-state index in [4.69, 9.17) is 4.42 Å². The molecule has 2 aromatic rings. The van der Waals surface area contributed by atoms with Crippen LogP contribution in [-0.2, 0) is 11.3 Å². The highest BCUT2D eigenvalue weighted by Gasteiger charge is 1.98. The Morgan fingerprint density at radius 3 is 2.94 bits per heavy atom. The minimum absolute atomic E-state index is 0.254. The van der Waals surface area contributed by atoms with Gasteiger partial charge in [-0.3, -0.25) is 4.79 Å². The summed E-state index contributed by atoms with van der Waals surface area (Å²) in [7, 11) is 0. The lowest BCUT2D eigenvalue weighted by atomic mass is 10.2. The Morgan fingerprint density at radius 2 is 2.22 bits per heavy atom. The molecule has 0 aliphatic carbocycles. The molecule has 0 aliphatic rings. The third-order valence-electron chi connectivity index (χ3n) is 2.29. The second-order valence-corrected chi connectivity index (χ2v) is 3.69. The zero-order valence-electron chi connectivity index (χ0n) is 9.60. The Labute approximate surface area is 104 Å². The molecule has 3 nitrogen and oxygen atoms in total. The summed E-state index contributed by atoms with van der Waals surface area (Å²) in [6, 6.07) is 9.56. The summed E-state index contributed by atoms with van der Waals surface area (Å²) in [5, 5.41) is 2.66. The van der Waals surface area contributed by atoms with Crippen LogP contribution in [0.2, 0.25) is 0 Å². The molecule has 1 heterocycles. The fraction of sp³-hybridized carbons (Fsp3) is 0.0714. The molecule has 1 N–H and O–H groups in total. The number of halogens is 1. The van der Waals surface area contributed by atoms with Gasteiger partial charge in [-0.2, -0.15) is 0 Å². The maximum absolute atomic E-state index is 12.9. The molecule has 92 valence electrons. The van der Waals surface area contributed by atoms with Gasteiger partial charge < -0.3 is 9.73 Å². The van der Waals surface area contributed by atoms with E-state index < -0.39 is 0 Å². The average molecular weight is 245 g/mol. The number of carbonyl (C=O) groups is 1. The molecule has 0 atom stereocenters. The van der Waals surface area contributed by atoms with Crippen LogP contribution in [0.5, 0.6) is 0 Å². The lowest BCUT2D eigenvalue weighted by Crippen LogP contribution is -2.19. The van der Waals surface area contributed by atoms with Crippen LogP contribution in [0.25, 0.3) is 6.08 Å². The van der Waals surface area contributed by atoms with Crippen molar-refractivity contribution in [1.82, 2.24) is 5.32 Å². The molecule has 0 saturated heterocycles. The van der Waals surface area contributed by atoms with Gasteiger partial charge in [-0.05, 0) is 35.9 Å². The zero-order valence-corrected chi connectivity index (χ0v) is 9.60. The second kappa shape index (κ2) is 5.82. The number of carbonyl (C=O) groups excluding carboxylic acids is 1. The Morgan fingerprint density at radius 1 is 1.33 bits per heavy atom. The molecular weight excluding hydrogens is 233 g/mol. The molecule has 1 amide bonds. The SMILES string of the molecule is O=C(/C=C/c1cccc(F)c1)NCc1ccco1. The summed E-state index contributed by atoms with van der Waals surface area (Å²) in [5.74, 6) is 0.103. The third kappa shape index (κ3) is 3.59. The average Bonchev–Trinajstić information content (AvgIpc) is 2.87. The van der Waals surface area contributed by atoms with E-state index in [1.54, 1.807) is 36.6 Å². The fourth-order valence-corrected chi connectivity index (χ4v) is 1.43. The lowest BCUT2D eigenvalue weighted by Gasteiger charge is -1.98. The number of hydrogen-bond acceptors (Lipinski definition) is 2. The summed E-state index contributed by atoms with van der Waals surface area (Å²) >= 11 is 0. The van der Waals surface area contributed by atoms with Gasteiger partial charge >= 0.3 is 0 Å². The first-order valence-electron chi connectivity index (χ1n) is 5.48. The van der Waals surface area contributed by atoms with Crippen molar-refractivity contribution in [1.29, 1.82) is 0 Å². The van der Waals surface area contributed by atoms with Crippen LogP contribution in [0.4, 0.5) is 4.39 Å². The predicted molar refractivity (Wildman–Crippen MR) is 66.0 cm³/mol. The van der Waals surface area contributed by atoms with Crippen LogP contribution in [0.1, 0.15) is 11.3 Å². The maximum atomic E-state index is 12.9. The van der Waals surface area contributed by atoms with Gasteiger partial charge in [0.2, 0.25) is 5.91 Å². The Balaban J connectivity index is 1.87. The highest BCUT2D eigenvalue weighted by Crippen LogP contribution is 2.05. The van der Waals surface area contributed by atoms with Crippen molar-refractivity contribution in [2.45, 2.75) is 6.54 Å². The Hall–Kier alpha value is -2.36. The van der Waals surface area contributed by atoms with E-state index in [2.05, 4.69) is 5.32 Å². The molecular formula is C14H12FNO2. The summed E-state index contributed by atoms with van der Waals surface area (Å²) in [6.07, 6.45) is 4.46. The van der Waals surface area contributed by atoms with Crippen molar-refractivity contribution in [3.8, 4) is 0 Å². The van der Waals surface area contributed by atoms with Crippen LogP contribution in [0.15, 0.2) is 53.2 Å². The molecule has 0 fully saturated rings. The van der Waals surface area contributed by atoms with E-state index in [1.165, 1.54) is 18.2 Å². The lowest BCUT2D eigenvalue weighted by molar-refractivity contribution is -0.116. The molecule has 0 aliphatic heterocycles. The maximum Gasteiger partial charge on any atom is 0.244 e. The Kier molecular flexibility index (Phi) is 3.91. The van der Waals surface area contributed by atoms with Crippen molar-refractivity contribution in [2.24, 2.45) is 0 Å². The largest absolute Gasteiger partial charge is 0.467 e. The van der Waals surface area contributed by atoms with Crippen LogP contribution in [0, 0.1) is 5.82 Å². The van der Waals surface area contributed by atoms with E-state index in [1.807, 2.05) is 0 Å².